The lowest BCUT2D eigenvalue weighted by Crippen LogP contribution is -2.39. The molecule has 184 valence electrons. The number of hydrogen-bond acceptors (Lipinski definition) is 5. The number of carbonyl (C=O) groups excluding carboxylic acids is 1. The van der Waals surface area contributed by atoms with Crippen LogP contribution in [0.25, 0.3) is 0 Å². The summed E-state index contributed by atoms with van der Waals surface area (Å²) in [7, 11) is 2.17. The van der Waals surface area contributed by atoms with E-state index in [2.05, 4.69) is 73.1 Å². The molecule has 1 amide bonds. The summed E-state index contributed by atoms with van der Waals surface area (Å²) < 4.78 is 0. The lowest BCUT2D eigenvalue weighted by Gasteiger charge is -2.22. The Morgan fingerprint density at radius 3 is 2.47 bits per heavy atom. The molecule has 4 nitrogen and oxygen atoms in total. The highest BCUT2D eigenvalue weighted by atomic mass is 35.5. The number of alkyl halides is 1. The van der Waals surface area contributed by atoms with E-state index in [1.807, 2.05) is 18.2 Å². The molecule has 0 radical (unpaired) electrons. The van der Waals surface area contributed by atoms with Crippen LogP contribution in [-0.4, -0.2) is 78.9 Å². The molecule has 0 aliphatic heterocycles. The fraction of sp³-hybridized carbons (Fsp3) is 0.720. The largest absolute Gasteiger partial charge is 0.354 e. The summed E-state index contributed by atoms with van der Waals surface area (Å²) >= 11 is 14.2. The van der Waals surface area contributed by atoms with Gasteiger partial charge in [0.1, 0.15) is 5.38 Å². The number of rotatable bonds is 16. The minimum atomic E-state index is -0.111. The lowest BCUT2D eigenvalue weighted by molar-refractivity contribution is -0.122. The molecule has 32 heavy (non-hydrogen) atoms. The van der Waals surface area contributed by atoms with Crippen molar-refractivity contribution in [1.29, 1.82) is 0 Å². The van der Waals surface area contributed by atoms with Gasteiger partial charge in [-0.05, 0) is 82.7 Å². The van der Waals surface area contributed by atoms with E-state index in [9.17, 15) is 4.79 Å². The van der Waals surface area contributed by atoms with E-state index in [1.165, 1.54) is 18.4 Å². The lowest BCUT2D eigenvalue weighted by atomic mass is 10.1. The molecule has 1 atom stereocenters. The summed E-state index contributed by atoms with van der Waals surface area (Å²) in [5.41, 5.74) is 1.28. The third-order valence-electron chi connectivity index (χ3n) is 4.80. The van der Waals surface area contributed by atoms with E-state index in [1.54, 1.807) is 0 Å². The maximum atomic E-state index is 11.8. The van der Waals surface area contributed by atoms with Crippen LogP contribution in [0.4, 0.5) is 0 Å². The van der Waals surface area contributed by atoms with E-state index in [4.69, 9.17) is 11.6 Å². The van der Waals surface area contributed by atoms with Crippen molar-refractivity contribution in [2.45, 2.75) is 57.7 Å². The van der Waals surface area contributed by atoms with E-state index >= 15 is 0 Å². The quantitative estimate of drug-likeness (QED) is 0.124. The molecule has 1 rings (SSSR count). The minimum Gasteiger partial charge on any atom is -0.354 e. The molecule has 0 bridgehead atoms. The predicted octanol–water partition coefficient (Wildman–Crippen LogP) is 4.67. The van der Waals surface area contributed by atoms with Gasteiger partial charge in [-0.2, -0.15) is 25.3 Å². The molecule has 7 heteroatoms. The molecular weight excluding hydrogens is 458 g/mol. The number of halogens is 1. The highest BCUT2D eigenvalue weighted by Gasteiger charge is 2.10. The number of thiol groups is 2. The second-order valence-electron chi connectivity index (χ2n) is 7.96. The maximum Gasteiger partial charge on any atom is 0.234 e. The molecule has 1 unspecified atom stereocenters. The van der Waals surface area contributed by atoms with E-state index in [0.29, 0.717) is 18.8 Å². The second kappa shape index (κ2) is 22.2. The average Bonchev–Trinajstić information content (AvgIpc) is 2.98. The van der Waals surface area contributed by atoms with Crippen LogP contribution in [0.5, 0.6) is 0 Å². The molecule has 0 aromatic carbocycles. The highest BCUT2D eigenvalue weighted by Crippen LogP contribution is 2.10. The normalized spacial score (nSPS) is 14.9. The first-order chi connectivity index (χ1) is 15.5. The monoisotopic (exact) mass is 501 g/mol. The molecule has 0 fully saturated rings. The molecule has 0 spiro atoms. The van der Waals surface area contributed by atoms with Crippen molar-refractivity contribution in [3.63, 3.8) is 0 Å². The molecular formula is C25H44ClN3OS2. The van der Waals surface area contributed by atoms with E-state index in [-0.39, 0.29) is 11.3 Å². The summed E-state index contributed by atoms with van der Waals surface area (Å²) in [4.78, 5) is 16.4. The van der Waals surface area contributed by atoms with Crippen molar-refractivity contribution in [3.05, 3.63) is 23.8 Å². The third-order valence-corrected chi connectivity index (χ3v) is 5.59. The smallest absolute Gasteiger partial charge is 0.234 e. The van der Waals surface area contributed by atoms with Gasteiger partial charge >= 0.3 is 0 Å². The summed E-state index contributed by atoms with van der Waals surface area (Å²) in [6.07, 6.45) is 12.7. The summed E-state index contributed by atoms with van der Waals surface area (Å²) in [6.45, 7) is 9.74. The van der Waals surface area contributed by atoms with Crippen LogP contribution in [0, 0.1) is 11.8 Å². The Morgan fingerprint density at radius 2 is 1.81 bits per heavy atom. The Bertz CT molecular complexity index is 602. The van der Waals surface area contributed by atoms with Gasteiger partial charge in [-0.3, -0.25) is 9.69 Å². The molecule has 0 saturated heterocycles. The number of carbonyl (C=O) groups is 1. The predicted molar refractivity (Wildman–Crippen MR) is 148 cm³/mol. The number of nitrogens with one attached hydrogen (secondary N) is 1. The molecule has 0 aromatic heterocycles. The number of unbranched alkanes of at least 4 members (excludes halogenated alkanes) is 1. The Labute approximate surface area is 213 Å². The van der Waals surface area contributed by atoms with Gasteiger partial charge in [0.15, 0.2) is 0 Å². The first-order valence-corrected chi connectivity index (χ1v) is 13.6. The van der Waals surface area contributed by atoms with Gasteiger partial charge in [-0.25, -0.2) is 0 Å². The van der Waals surface area contributed by atoms with Crippen molar-refractivity contribution in [1.82, 2.24) is 15.1 Å². The maximum absolute atomic E-state index is 11.8. The Morgan fingerprint density at radius 1 is 1.09 bits per heavy atom. The molecule has 0 saturated carbocycles. The molecule has 1 aliphatic carbocycles. The summed E-state index contributed by atoms with van der Waals surface area (Å²) in [5, 5.41) is 2.77. The van der Waals surface area contributed by atoms with Crippen molar-refractivity contribution in [2.24, 2.45) is 0 Å². The van der Waals surface area contributed by atoms with Crippen LogP contribution >= 0.6 is 36.9 Å². The average molecular weight is 502 g/mol. The summed E-state index contributed by atoms with van der Waals surface area (Å²) in [6, 6.07) is 0. The van der Waals surface area contributed by atoms with Crippen molar-refractivity contribution >= 4 is 42.8 Å². The molecule has 1 aliphatic rings. The fourth-order valence-corrected chi connectivity index (χ4v) is 3.58. The van der Waals surface area contributed by atoms with Crippen molar-refractivity contribution in [2.75, 3.05) is 57.8 Å². The topological polar surface area (TPSA) is 35.6 Å². The number of allylic oxidation sites excluding steroid dienone is 4. The number of amides is 1. The van der Waals surface area contributed by atoms with Crippen LogP contribution in [0.1, 0.15) is 52.4 Å². The van der Waals surface area contributed by atoms with Crippen LogP contribution in [0.2, 0.25) is 0 Å². The zero-order chi connectivity index (χ0) is 24.0. The van der Waals surface area contributed by atoms with Gasteiger partial charge in [0.25, 0.3) is 0 Å². The standard InChI is InChI=1S/C15H33N3OS2.C10H11Cl/c1-3-8-17(2)9-4-5-10-18(11-6-12-20)14-15(19)16-7-13-21;1-2-4-9-5-3-6-10(11)8-7-9/h20-21H,3-14H2,1-2H3,(H,16,19);5,7-8,10H,2,4H2,1H3. The van der Waals surface area contributed by atoms with Crippen LogP contribution in [-0.2, 0) is 4.79 Å². The Balaban J connectivity index is 0.000000726. The molecule has 0 heterocycles. The van der Waals surface area contributed by atoms with Crippen LogP contribution < -0.4 is 5.32 Å². The fourth-order valence-electron chi connectivity index (χ4n) is 3.19. The SMILES string of the molecule is CCCC1=CC#CC(Cl)C=C1.CCCN(C)CCCCN(CCCS)CC(=O)NCCS. The zero-order valence-electron chi connectivity index (χ0n) is 20.3. The highest BCUT2D eigenvalue weighted by molar-refractivity contribution is 7.80. The van der Waals surface area contributed by atoms with Crippen LogP contribution in [0.3, 0.4) is 0 Å². The second-order valence-corrected chi connectivity index (χ2v) is 9.32. The Hall–Kier alpha value is -0.580. The van der Waals surface area contributed by atoms with Gasteiger partial charge in [0.2, 0.25) is 5.91 Å². The number of hydrogen-bond donors (Lipinski definition) is 3. The number of nitrogens with zero attached hydrogens (tertiary/aromatic N) is 2. The van der Waals surface area contributed by atoms with Gasteiger partial charge in [0.05, 0.1) is 6.54 Å². The summed E-state index contributed by atoms with van der Waals surface area (Å²) in [5.74, 6) is 7.47. The van der Waals surface area contributed by atoms with Crippen molar-refractivity contribution < 1.29 is 4.79 Å². The first kappa shape index (κ1) is 31.4. The molecule has 0 aromatic rings. The minimum absolute atomic E-state index is 0.103. The van der Waals surface area contributed by atoms with Gasteiger partial charge < -0.3 is 10.2 Å². The van der Waals surface area contributed by atoms with Crippen LogP contribution in [0.15, 0.2) is 23.8 Å². The first-order valence-electron chi connectivity index (χ1n) is 11.9. The molecule has 1 N–H and O–H groups in total. The zero-order valence-corrected chi connectivity index (χ0v) is 22.8. The van der Waals surface area contributed by atoms with E-state index < -0.39 is 0 Å². The van der Waals surface area contributed by atoms with Gasteiger partial charge in [-0.1, -0.05) is 44.3 Å². The third kappa shape index (κ3) is 18.9. The van der Waals surface area contributed by atoms with Gasteiger partial charge in [-0.15, -0.1) is 11.6 Å². The van der Waals surface area contributed by atoms with Gasteiger partial charge in [0, 0.05) is 12.3 Å². The van der Waals surface area contributed by atoms with Crippen molar-refractivity contribution in [3.8, 4) is 11.8 Å². The van der Waals surface area contributed by atoms with E-state index in [0.717, 1.165) is 57.6 Å². The Kier molecular flexibility index (Phi) is 21.8.